The van der Waals surface area contributed by atoms with E-state index in [1.807, 2.05) is 42.5 Å². The number of Topliss-reactive ketones (excluding diaryl/α,β-unsaturated/α-hetero) is 1. The average Bonchev–Trinajstić information content (AvgIpc) is 2.79. The maximum atomic E-state index is 12.5. The van der Waals surface area contributed by atoms with Gasteiger partial charge in [0.15, 0.2) is 12.4 Å². The molecule has 8 heteroatoms. The highest BCUT2D eigenvalue weighted by molar-refractivity contribution is 8.00. The minimum absolute atomic E-state index is 0.110. The Hall–Kier alpha value is -2.84. The van der Waals surface area contributed by atoms with Gasteiger partial charge in [0.2, 0.25) is 10.0 Å². The third kappa shape index (κ3) is 5.14. The van der Waals surface area contributed by atoms with E-state index in [0.717, 1.165) is 21.2 Å². The van der Waals surface area contributed by atoms with E-state index in [-0.39, 0.29) is 18.1 Å². The van der Waals surface area contributed by atoms with Crippen LogP contribution in [0.1, 0.15) is 22.3 Å². The monoisotopic (exact) mass is 469 g/mol. The summed E-state index contributed by atoms with van der Waals surface area (Å²) in [5.74, 6) is -0.662. The Balaban J connectivity index is 1.33. The molecule has 1 aliphatic heterocycles. The van der Waals surface area contributed by atoms with Crippen molar-refractivity contribution in [2.24, 2.45) is 0 Å². The molecule has 0 unspecified atom stereocenters. The lowest BCUT2D eigenvalue weighted by molar-refractivity contribution is -0.139. The summed E-state index contributed by atoms with van der Waals surface area (Å²) in [6, 6.07) is 18.9. The van der Waals surface area contributed by atoms with Crippen LogP contribution in [0.5, 0.6) is 0 Å². The summed E-state index contributed by atoms with van der Waals surface area (Å²) in [6.07, 6.45) is 2.57. The number of nitrogens with zero attached hydrogens (tertiary/aromatic N) is 1. The summed E-state index contributed by atoms with van der Waals surface area (Å²) in [5.41, 5.74) is 1.83. The maximum absolute atomic E-state index is 12.5. The highest BCUT2D eigenvalue weighted by Crippen LogP contribution is 2.30. The van der Waals surface area contributed by atoms with Gasteiger partial charge in [-0.15, -0.1) is 11.8 Å². The molecule has 0 amide bonds. The highest BCUT2D eigenvalue weighted by atomic mass is 32.2. The van der Waals surface area contributed by atoms with Crippen LogP contribution in [0.25, 0.3) is 10.8 Å². The van der Waals surface area contributed by atoms with E-state index in [4.69, 9.17) is 4.74 Å². The number of benzene rings is 3. The van der Waals surface area contributed by atoms with Gasteiger partial charge in [-0.1, -0.05) is 30.3 Å². The number of anilines is 1. The molecule has 3 aromatic rings. The average molecular weight is 470 g/mol. The Morgan fingerprint density at radius 2 is 1.81 bits per heavy atom. The van der Waals surface area contributed by atoms with Gasteiger partial charge in [0.25, 0.3) is 0 Å². The number of carbonyl (C=O) groups is 2. The summed E-state index contributed by atoms with van der Waals surface area (Å²) >= 11 is 1.36. The first-order chi connectivity index (χ1) is 15.3. The number of hydrogen-bond acceptors (Lipinski definition) is 6. The molecule has 0 saturated heterocycles. The number of hydrogen-bond donors (Lipinski definition) is 0. The number of carbonyl (C=O) groups excluding carboxylic acids is 2. The van der Waals surface area contributed by atoms with E-state index >= 15 is 0 Å². The van der Waals surface area contributed by atoms with Crippen LogP contribution < -0.4 is 4.31 Å². The van der Waals surface area contributed by atoms with Crippen molar-refractivity contribution in [3.63, 3.8) is 0 Å². The van der Waals surface area contributed by atoms with Crippen molar-refractivity contribution in [1.82, 2.24) is 0 Å². The third-order valence-electron chi connectivity index (χ3n) is 5.32. The second-order valence-corrected chi connectivity index (χ2v) is 10.6. The molecule has 0 atom stereocenters. The van der Waals surface area contributed by atoms with Gasteiger partial charge in [0.05, 0.1) is 17.7 Å². The number of aryl methyl sites for hydroxylation is 1. The molecular weight excluding hydrogens is 446 g/mol. The fourth-order valence-electron chi connectivity index (χ4n) is 3.75. The van der Waals surface area contributed by atoms with Crippen LogP contribution in [0.3, 0.4) is 0 Å². The quantitative estimate of drug-likeness (QED) is 0.295. The van der Waals surface area contributed by atoms with Gasteiger partial charge in [-0.05, 0) is 59.5 Å². The molecule has 0 aromatic heterocycles. The molecule has 4 rings (SSSR count). The summed E-state index contributed by atoms with van der Waals surface area (Å²) in [4.78, 5) is 25.6. The zero-order valence-corrected chi connectivity index (χ0v) is 19.2. The van der Waals surface area contributed by atoms with Gasteiger partial charge in [-0.2, -0.15) is 0 Å². The molecule has 1 aliphatic rings. The van der Waals surface area contributed by atoms with Crippen LogP contribution >= 0.6 is 11.8 Å². The molecule has 0 fully saturated rings. The molecule has 0 saturated carbocycles. The van der Waals surface area contributed by atoms with Crippen molar-refractivity contribution in [2.75, 3.05) is 29.5 Å². The van der Waals surface area contributed by atoms with E-state index in [1.165, 1.54) is 22.3 Å². The van der Waals surface area contributed by atoms with Crippen LogP contribution in [0.2, 0.25) is 0 Å². The zero-order chi connectivity index (χ0) is 22.7. The number of esters is 1. The van der Waals surface area contributed by atoms with Crippen LogP contribution in [0.4, 0.5) is 5.69 Å². The van der Waals surface area contributed by atoms with Crippen molar-refractivity contribution in [3.8, 4) is 0 Å². The molecular formula is C24H23NO5S2. The van der Waals surface area contributed by atoms with Crippen molar-refractivity contribution < 1.29 is 22.7 Å². The van der Waals surface area contributed by atoms with Gasteiger partial charge in [0, 0.05) is 17.0 Å². The number of sulfonamides is 1. The second-order valence-electron chi connectivity index (χ2n) is 7.66. The van der Waals surface area contributed by atoms with E-state index < -0.39 is 16.0 Å². The minimum atomic E-state index is -3.36. The molecule has 6 nitrogen and oxygen atoms in total. The summed E-state index contributed by atoms with van der Waals surface area (Å²) in [5, 5.41) is 2.23. The van der Waals surface area contributed by atoms with Crippen LogP contribution in [0, 0.1) is 0 Å². The number of fused-ring (bicyclic) bond motifs is 2. The molecule has 0 radical (unpaired) electrons. The number of ketones is 1. The van der Waals surface area contributed by atoms with Gasteiger partial charge >= 0.3 is 5.97 Å². The standard InChI is InChI=1S/C24H23NO5S2/c1-32(28,29)25-12-4-7-19-13-20(9-11-22(19)25)23(26)15-30-24(27)16-31-21-10-8-17-5-2-3-6-18(17)14-21/h2-3,5-6,8-11,13-14H,4,7,12,15-16H2,1H3. The Morgan fingerprint density at radius 3 is 2.59 bits per heavy atom. The lowest BCUT2D eigenvalue weighted by atomic mass is 9.99. The number of ether oxygens (including phenoxy) is 1. The highest BCUT2D eigenvalue weighted by Gasteiger charge is 2.24. The molecule has 0 aliphatic carbocycles. The summed E-state index contributed by atoms with van der Waals surface area (Å²) in [7, 11) is -3.36. The Morgan fingerprint density at radius 1 is 1.03 bits per heavy atom. The lowest BCUT2D eigenvalue weighted by Crippen LogP contribution is -2.34. The van der Waals surface area contributed by atoms with Gasteiger partial charge < -0.3 is 4.74 Å². The predicted molar refractivity (Wildman–Crippen MR) is 127 cm³/mol. The van der Waals surface area contributed by atoms with Crippen LogP contribution in [0.15, 0.2) is 65.6 Å². The first kappa shape index (κ1) is 22.4. The van der Waals surface area contributed by atoms with Crippen LogP contribution in [-0.4, -0.2) is 45.3 Å². The molecule has 32 heavy (non-hydrogen) atoms. The van der Waals surface area contributed by atoms with Crippen molar-refractivity contribution in [3.05, 3.63) is 71.8 Å². The largest absolute Gasteiger partial charge is 0.457 e. The van der Waals surface area contributed by atoms with Crippen molar-refractivity contribution in [2.45, 2.75) is 17.7 Å². The first-order valence-electron chi connectivity index (χ1n) is 10.2. The van der Waals surface area contributed by atoms with Gasteiger partial charge in [-0.25, -0.2) is 8.42 Å². The maximum Gasteiger partial charge on any atom is 0.316 e. The molecule has 0 N–H and O–H groups in total. The predicted octanol–water partition coefficient (Wildman–Crippen LogP) is 4.07. The fraction of sp³-hybridized carbons (Fsp3) is 0.250. The van der Waals surface area contributed by atoms with Gasteiger partial charge in [0.1, 0.15) is 0 Å². The summed E-state index contributed by atoms with van der Waals surface area (Å²) in [6.45, 7) is 0.0945. The fourth-order valence-corrected chi connectivity index (χ4v) is 5.49. The topological polar surface area (TPSA) is 80.8 Å². The molecule has 0 bridgehead atoms. The Bertz CT molecular complexity index is 1290. The molecule has 166 valence electrons. The molecule has 1 heterocycles. The van der Waals surface area contributed by atoms with Gasteiger partial charge in [-0.3, -0.25) is 13.9 Å². The van der Waals surface area contributed by atoms with E-state index in [0.29, 0.717) is 30.6 Å². The van der Waals surface area contributed by atoms with E-state index in [1.54, 1.807) is 18.2 Å². The minimum Gasteiger partial charge on any atom is -0.457 e. The normalized spacial score (nSPS) is 13.6. The third-order valence-corrected chi connectivity index (χ3v) is 7.47. The molecule has 3 aromatic carbocycles. The molecule has 0 spiro atoms. The van der Waals surface area contributed by atoms with E-state index in [2.05, 4.69) is 0 Å². The summed E-state index contributed by atoms with van der Waals surface area (Å²) < 4.78 is 30.5. The van der Waals surface area contributed by atoms with Crippen LogP contribution in [-0.2, 0) is 26.0 Å². The number of thioether (sulfide) groups is 1. The Kier molecular flexibility index (Phi) is 6.53. The van der Waals surface area contributed by atoms with Crippen molar-refractivity contribution in [1.29, 1.82) is 0 Å². The lowest BCUT2D eigenvalue weighted by Gasteiger charge is -2.29. The zero-order valence-electron chi connectivity index (χ0n) is 17.6. The second kappa shape index (κ2) is 9.34. The number of rotatable bonds is 7. The van der Waals surface area contributed by atoms with E-state index in [9.17, 15) is 18.0 Å². The van der Waals surface area contributed by atoms with Crippen molar-refractivity contribution >= 4 is 50.0 Å². The smallest absolute Gasteiger partial charge is 0.316 e. The first-order valence-corrected chi connectivity index (χ1v) is 13.1. The SMILES string of the molecule is CS(=O)(=O)N1CCCc2cc(C(=O)COC(=O)CSc3ccc4ccccc4c3)ccc21. The Labute approximate surface area is 191 Å².